The van der Waals surface area contributed by atoms with Gasteiger partial charge in [0.1, 0.15) is 5.58 Å². The van der Waals surface area contributed by atoms with Crippen molar-refractivity contribution in [2.24, 2.45) is 0 Å². The number of H-pyrrole nitrogens is 1. The minimum atomic E-state index is 0.543. The number of hydrogen-bond acceptors (Lipinski definition) is 3. The third-order valence-electron chi connectivity index (χ3n) is 3.73. The molecule has 0 aliphatic rings. The Balaban J connectivity index is 2.01. The Hall–Kier alpha value is -2.66. The summed E-state index contributed by atoms with van der Waals surface area (Å²) in [4.78, 5) is 0. The molecule has 2 aromatic heterocycles. The molecule has 0 bridgehead atoms. The van der Waals surface area contributed by atoms with Crippen LogP contribution in [0.5, 0.6) is 0 Å². The largest absolute Gasteiger partial charge is 0.452 e. The molecule has 22 heavy (non-hydrogen) atoms. The molecule has 4 nitrogen and oxygen atoms in total. The Morgan fingerprint density at radius 1 is 1.05 bits per heavy atom. The van der Waals surface area contributed by atoms with Gasteiger partial charge in [-0.2, -0.15) is 5.10 Å². The van der Waals surface area contributed by atoms with Gasteiger partial charge in [0.2, 0.25) is 5.82 Å². The highest BCUT2D eigenvalue weighted by atomic mass is 32.1. The first kappa shape index (κ1) is 13.0. The third kappa shape index (κ3) is 1.90. The second kappa shape index (κ2) is 4.96. The summed E-state index contributed by atoms with van der Waals surface area (Å²) in [6, 6.07) is 17.9. The summed E-state index contributed by atoms with van der Waals surface area (Å²) in [7, 11) is 0. The van der Waals surface area contributed by atoms with E-state index in [1.807, 2.05) is 66.1 Å². The van der Waals surface area contributed by atoms with Crippen LogP contribution in [0.3, 0.4) is 0 Å². The SMILES string of the molecule is Cc1c(-c2n[nH]c(=S)n2-c2ccccc2)oc2ccccc12. The van der Waals surface area contributed by atoms with Crippen molar-refractivity contribution in [1.82, 2.24) is 14.8 Å². The van der Waals surface area contributed by atoms with Crippen LogP contribution in [0.2, 0.25) is 0 Å². The van der Waals surface area contributed by atoms with Gasteiger partial charge >= 0.3 is 0 Å². The molecule has 0 saturated carbocycles. The molecule has 2 heterocycles. The highest BCUT2D eigenvalue weighted by molar-refractivity contribution is 7.71. The molecule has 2 aromatic carbocycles. The Morgan fingerprint density at radius 3 is 2.55 bits per heavy atom. The topological polar surface area (TPSA) is 46.8 Å². The standard InChI is InChI=1S/C17H13N3OS/c1-11-13-9-5-6-10-14(13)21-15(11)16-18-19-17(22)20(16)12-7-3-2-4-8-12/h2-10H,1H3,(H,19,22). The number of aromatic amines is 1. The molecule has 0 aliphatic heterocycles. The number of benzene rings is 2. The summed E-state index contributed by atoms with van der Waals surface area (Å²) in [5.41, 5.74) is 2.86. The maximum Gasteiger partial charge on any atom is 0.203 e. The summed E-state index contributed by atoms with van der Waals surface area (Å²) >= 11 is 5.38. The highest BCUT2D eigenvalue weighted by Crippen LogP contribution is 2.32. The van der Waals surface area contributed by atoms with Crippen LogP contribution >= 0.6 is 12.2 Å². The Bertz CT molecular complexity index is 1010. The number of rotatable bonds is 2. The average molecular weight is 307 g/mol. The van der Waals surface area contributed by atoms with Crippen LogP contribution in [-0.2, 0) is 0 Å². The van der Waals surface area contributed by atoms with E-state index in [4.69, 9.17) is 16.6 Å². The summed E-state index contributed by atoms with van der Waals surface area (Å²) in [6.07, 6.45) is 0. The molecule has 4 aromatic rings. The van der Waals surface area contributed by atoms with Crippen molar-refractivity contribution in [1.29, 1.82) is 0 Å². The lowest BCUT2D eigenvalue weighted by Gasteiger charge is -2.05. The molecular formula is C17H13N3OS. The fourth-order valence-corrected chi connectivity index (χ4v) is 2.89. The molecule has 0 spiro atoms. The van der Waals surface area contributed by atoms with Crippen LogP contribution in [0.1, 0.15) is 5.56 Å². The maximum absolute atomic E-state index is 6.01. The van der Waals surface area contributed by atoms with Crippen LogP contribution in [0, 0.1) is 11.7 Å². The van der Waals surface area contributed by atoms with Crippen molar-refractivity contribution < 1.29 is 4.42 Å². The molecule has 108 valence electrons. The first-order chi connectivity index (χ1) is 10.8. The van der Waals surface area contributed by atoms with E-state index in [2.05, 4.69) is 10.2 Å². The lowest BCUT2D eigenvalue weighted by Crippen LogP contribution is -1.97. The summed E-state index contributed by atoms with van der Waals surface area (Å²) < 4.78 is 8.44. The van der Waals surface area contributed by atoms with E-state index in [9.17, 15) is 0 Å². The molecule has 0 amide bonds. The Morgan fingerprint density at radius 2 is 1.77 bits per heavy atom. The quantitative estimate of drug-likeness (QED) is 0.548. The summed E-state index contributed by atoms with van der Waals surface area (Å²) in [5, 5.41) is 8.32. The number of para-hydroxylation sites is 2. The smallest absolute Gasteiger partial charge is 0.203 e. The zero-order chi connectivity index (χ0) is 15.1. The second-order valence-electron chi connectivity index (χ2n) is 5.08. The predicted octanol–water partition coefficient (Wildman–Crippen LogP) is 4.65. The van der Waals surface area contributed by atoms with Crippen LogP contribution in [-0.4, -0.2) is 14.8 Å². The number of nitrogens with one attached hydrogen (secondary N) is 1. The van der Waals surface area contributed by atoms with Gasteiger partial charge in [0.25, 0.3) is 0 Å². The Kier molecular flexibility index (Phi) is 2.94. The van der Waals surface area contributed by atoms with Crippen molar-refractivity contribution in [2.75, 3.05) is 0 Å². The van der Waals surface area contributed by atoms with Crippen LogP contribution < -0.4 is 0 Å². The number of aromatic nitrogens is 3. The van der Waals surface area contributed by atoms with Gasteiger partial charge in [-0.1, -0.05) is 36.4 Å². The molecule has 4 rings (SSSR count). The zero-order valence-electron chi connectivity index (χ0n) is 11.9. The average Bonchev–Trinajstić information content (AvgIpc) is 3.09. The van der Waals surface area contributed by atoms with Gasteiger partial charge in [0, 0.05) is 10.9 Å². The number of nitrogens with zero attached hydrogens (tertiary/aromatic N) is 2. The van der Waals surface area contributed by atoms with E-state index in [0.717, 1.165) is 28.0 Å². The molecule has 0 unspecified atom stereocenters. The van der Waals surface area contributed by atoms with Gasteiger partial charge in [-0.15, -0.1) is 0 Å². The number of aryl methyl sites for hydroxylation is 1. The predicted molar refractivity (Wildman–Crippen MR) is 88.7 cm³/mol. The van der Waals surface area contributed by atoms with Crippen molar-refractivity contribution in [3.05, 3.63) is 64.9 Å². The van der Waals surface area contributed by atoms with Gasteiger partial charge < -0.3 is 4.42 Å². The van der Waals surface area contributed by atoms with Crippen LogP contribution in [0.15, 0.2) is 59.0 Å². The summed E-state index contributed by atoms with van der Waals surface area (Å²) in [5.74, 6) is 1.42. The normalized spacial score (nSPS) is 11.1. The third-order valence-corrected chi connectivity index (χ3v) is 4.01. The lowest BCUT2D eigenvalue weighted by atomic mass is 10.1. The summed E-state index contributed by atoms with van der Waals surface area (Å²) in [6.45, 7) is 2.04. The van der Waals surface area contributed by atoms with Gasteiger partial charge in [0.15, 0.2) is 10.5 Å². The molecule has 5 heteroatoms. The van der Waals surface area contributed by atoms with E-state index in [-0.39, 0.29) is 0 Å². The zero-order valence-corrected chi connectivity index (χ0v) is 12.7. The van der Waals surface area contributed by atoms with Gasteiger partial charge in [-0.3, -0.25) is 9.67 Å². The van der Waals surface area contributed by atoms with Gasteiger partial charge in [0.05, 0.1) is 5.69 Å². The lowest BCUT2D eigenvalue weighted by molar-refractivity contribution is 0.620. The van der Waals surface area contributed by atoms with E-state index in [0.29, 0.717) is 10.6 Å². The van der Waals surface area contributed by atoms with Crippen molar-refractivity contribution in [3.8, 4) is 17.3 Å². The van der Waals surface area contributed by atoms with Gasteiger partial charge in [-0.05, 0) is 37.3 Å². The number of fused-ring (bicyclic) bond motifs is 1. The monoisotopic (exact) mass is 307 g/mol. The number of hydrogen-bond donors (Lipinski definition) is 1. The first-order valence-corrected chi connectivity index (χ1v) is 7.38. The second-order valence-corrected chi connectivity index (χ2v) is 5.46. The first-order valence-electron chi connectivity index (χ1n) is 6.97. The van der Waals surface area contributed by atoms with Crippen molar-refractivity contribution in [2.45, 2.75) is 6.92 Å². The van der Waals surface area contributed by atoms with Crippen molar-refractivity contribution in [3.63, 3.8) is 0 Å². The molecule has 1 N–H and O–H groups in total. The van der Waals surface area contributed by atoms with E-state index in [1.54, 1.807) is 0 Å². The van der Waals surface area contributed by atoms with Crippen LogP contribution in [0.4, 0.5) is 0 Å². The molecule has 0 aliphatic carbocycles. The van der Waals surface area contributed by atoms with E-state index >= 15 is 0 Å². The van der Waals surface area contributed by atoms with Crippen LogP contribution in [0.25, 0.3) is 28.2 Å². The fraction of sp³-hybridized carbons (Fsp3) is 0.0588. The molecule has 0 atom stereocenters. The molecular weight excluding hydrogens is 294 g/mol. The molecule has 0 radical (unpaired) electrons. The van der Waals surface area contributed by atoms with E-state index < -0.39 is 0 Å². The molecule has 0 fully saturated rings. The van der Waals surface area contributed by atoms with E-state index in [1.165, 1.54) is 0 Å². The highest BCUT2D eigenvalue weighted by Gasteiger charge is 2.18. The van der Waals surface area contributed by atoms with Gasteiger partial charge in [-0.25, -0.2) is 0 Å². The number of furan rings is 1. The minimum absolute atomic E-state index is 0.543. The fourth-order valence-electron chi connectivity index (χ4n) is 2.65. The van der Waals surface area contributed by atoms with Crippen molar-refractivity contribution >= 4 is 23.2 Å². The maximum atomic E-state index is 6.01. The Labute approximate surface area is 132 Å². The molecule has 0 saturated heterocycles. The minimum Gasteiger partial charge on any atom is -0.452 e.